The van der Waals surface area contributed by atoms with Crippen LogP contribution in [0.4, 0.5) is 5.69 Å². The molecule has 0 bridgehead atoms. The van der Waals surface area contributed by atoms with Crippen molar-refractivity contribution in [2.24, 2.45) is 5.41 Å². The Labute approximate surface area is 119 Å². The van der Waals surface area contributed by atoms with Gasteiger partial charge in [-0.3, -0.25) is 0 Å². The molecule has 1 N–H and O–H groups in total. The molecular weight excluding hydrogens is 262 g/mol. The average molecular weight is 282 g/mol. The summed E-state index contributed by atoms with van der Waals surface area (Å²) in [5, 5.41) is 4.09. The Morgan fingerprint density at radius 2 is 2.21 bits per heavy atom. The summed E-state index contributed by atoms with van der Waals surface area (Å²) >= 11 is 6.03. The number of ether oxygens (including phenoxy) is 1. The summed E-state index contributed by atoms with van der Waals surface area (Å²) in [7, 11) is 1.39. The van der Waals surface area contributed by atoms with Gasteiger partial charge in [0.25, 0.3) is 0 Å². The predicted molar refractivity (Wildman–Crippen MR) is 77.8 cm³/mol. The van der Waals surface area contributed by atoms with Gasteiger partial charge in [-0.05, 0) is 36.5 Å². The van der Waals surface area contributed by atoms with Crippen LogP contribution in [0.1, 0.15) is 43.5 Å². The first-order valence-corrected chi connectivity index (χ1v) is 6.96. The van der Waals surface area contributed by atoms with Crippen molar-refractivity contribution in [1.29, 1.82) is 0 Å². The number of carbonyl (C=O) groups excluding carboxylic acids is 1. The molecule has 104 valence electrons. The first-order valence-electron chi connectivity index (χ1n) is 6.58. The van der Waals surface area contributed by atoms with Crippen molar-refractivity contribution in [2.45, 2.75) is 39.2 Å². The highest BCUT2D eigenvalue weighted by Gasteiger charge is 2.34. The van der Waals surface area contributed by atoms with E-state index in [0.717, 1.165) is 12.1 Å². The van der Waals surface area contributed by atoms with Crippen molar-refractivity contribution < 1.29 is 9.53 Å². The van der Waals surface area contributed by atoms with Crippen LogP contribution in [0.15, 0.2) is 18.2 Å². The Morgan fingerprint density at radius 3 is 2.79 bits per heavy atom. The fourth-order valence-corrected chi connectivity index (χ4v) is 2.88. The van der Waals surface area contributed by atoms with Crippen LogP contribution in [0.3, 0.4) is 0 Å². The minimum Gasteiger partial charge on any atom is -0.465 e. The summed E-state index contributed by atoms with van der Waals surface area (Å²) in [6.45, 7) is 4.50. The number of carbonyl (C=O) groups is 1. The summed E-state index contributed by atoms with van der Waals surface area (Å²) in [5.74, 6) is -0.338. The number of hydrogen-bond donors (Lipinski definition) is 1. The van der Waals surface area contributed by atoms with Crippen LogP contribution < -0.4 is 5.32 Å². The zero-order valence-electron chi connectivity index (χ0n) is 11.6. The van der Waals surface area contributed by atoms with Crippen molar-refractivity contribution >= 4 is 23.3 Å². The fourth-order valence-electron chi connectivity index (χ4n) is 2.71. The second-order valence-electron chi connectivity index (χ2n) is 5.76. The maximum Gasteiger partial charge on any atom is 0.339 e. The molecule has 1 saturated carbocycles. The number of halogens is 1. The minimum atomic E-state index is -0.338. The lowest BCUT2D eigenvalue weighted by atomic mass is 9.87. The van der Waals surface area contributed by atoms with Crippen molar-refractivity contribution in [3.05, 3.63) is 28.8 Å². The van der Waals surface area contributed by atoms with Crippen LogP contribution in [0.2, 0.25) is 5.02 Å². The standard InChI is InChI=1S/C15H20ClNO2/c1-15(2)8-4-5-13(15)17-12-9-10(16)6-7-11(12)14(18)19-3/h6-7,9,13,17H,4-5,8H2,1-3H3. The lowest BCUT2D eigenvalue weighted by Crippen LogP contribution is -2.31. The van der Waals surface area contributed by atoms with Gasteiger partial charge in [-0.15, -0.1) is 0 Å². The van der Waals surface area contributed by atoms with Crippen LogP contribution in [-0.4, -0.2) is 19.1 Å². The molecule has 1 aliphatic rings. The summed E-state index contributed by atoms with van der Waals surface area (Å²) in [6, 6.07) is 5.56. The molecule has 2 rings (SSSR count). The number of benzene rings is 1. The maximum absolute atomic E-state index is 11.8. The molecular formula is C15H20ClNO2. The van der Waals surface area contributed by atoms with Gasteiger partial charge in [-0.1, -0.05) is 31.9 Å². The van der Waals surface area contributed by atoms with Crippen molar-refractivity contribution in [1.82, 2.24) is 0 Å². The molecule has 0 heterocycles. The van der Waals surface area contributed by atoms with E-state index in [0.29, 0.717) is 16.6 Å². The molecule has 4 heteroatoms. The lowest BCUT2D eigenvalue weighted by molar-refractivity contribution is 0.0601. The smallest absolute Gasteiger partial charge is 0.339 e. The van der Waals surface area contributed by atoms with E-state index in [2.05, 4.69) is 19.2 Å². The molecule has 3 nitrogen and oxygen atoms in total. The average Bonchev–Trinajstić information content (AvgIpc) is 2.68. The van der Waals surface area contributed by atoms with E-state index >= 15 is 0 Å². The second-order valence-corrected chi connectivity index (χ2v) is 6.20. The fraction of sp³-hybridized carbons (Fsp3) is 0.533. The minimum absolute atomic E-state index is 0.232. The van der Waals surface area contributed by atoms with Gasteiger partial charge in [0.2, 0.25) is 0 Å². The predicted octanol–water partition coefficient (Wildman–Crippen LogP) is 4.12. The van der Waals surface area contributed by atoms with Gasteiger partial charge < -0.3 is 10.1 Å². The third-order valence-corrected chi connectivity index (χ3v) is 4.21. The van der Waals surface area contributed by atoms with E-state index in [9.17, 15) is 4.79 Å². The van der Waals surface area contributed by atoms with Crippen molar-refractivity contribution in [2.75, 3.05) is 12.4 Å². The normalized spacial score (nSPS) is 21.2. The first kappa shape index (κ1) is 14.2. The number of anilines is 1. The molecule has 0 aliphatic heterocycles. The molecule has 1 unspecified atom stereocenters. The topological polar surface area (TPSA) is 38.3 Å². The molecule has 0 radical (unpaired) electrons. The van der Waals surface area contributed by atoms with Gasteiger partial charge in [-0.25, -0.2) is 4.79 Å². The largest absolute Gasteiger partial charge is 0.465 e. The van der Waals surface area contributed by atoms with Gasteiger partial charge in [-0.2, -0.15) is 0 Å². The molecule has 1 atom stereocenters. The highest BCUT2D eigenvalue weighted by atomic mass is 35.5. The Balaban J connectivity index is 2.28. The van der Waals surface area contributed by atoms with Gasteiger partial charge in [0, 0.05) is 11.1 Å². The van der Waals surface area contributed by atoms with E-state index in [1.54, 1.807) is 18.2 Å². The molecule has 1 aliphatic carbocycles. The van der Waals surface area contributed by atoms with E-state index in [1.165, 1.54) is 20.0 Å². The number of methoxy groups -OCH3 is 1. The SMILES string of the molecule is COC(=O)c1ccc(Cl)cc1NC1CCCC1(C)C. The third-order valence-electron chi connectivity index (χ3n) is 3.97. The Morgan fingerprint density at radius 1 is 1.47 bits per heavy atom. The Kier molecular flexibility index (Phi) is 4.04. The monoisotopic (exact) mass is 281 g/mol. The summed E-state index contributed by atoms with van der Waals surface area (Å²) < 4.78 is 4.81. The summed E-state index contributed by atoms with van der Waals surface area (Å²) in [4.78, 5) is 11.8. The van der Waals surface area contributed by atoms with Crippen molar-refractivity contribution in [3.8, 4) is 0 Å². The van der Waals surface area contributed by atoms with Gasteiger partial charge >= 0.3 is 5.97 Å². The van der Waals surface area contributed by atoms with E-state index < -0.39 is 0 Å². The molecule has 1 aromatic carbocycles. The molecule has 0 spiro atoms. The Bertz CT molecular complexity index is 485. The highest BCUT2D eigenvalue weighted by Crippen LogP contribution is 2.39. The highest BCUT2D eigenvalue weighted by molar-refractivity contribution is 6.31. The zero-order valence-corrected chi connectivity index (χ0v) is 12.4. The zero-order chi connectivity index (χ0) is 14.0. The van der Waals surface area contributed by atoms with E-state index in [-0.39, 0.29) is 11.4 Å². The van der Waals surface area contributed by atoms with Gasteiger partial charge in [0.1, 0.15) is 0 Å². The lowest BCUT2D eigenvalue weighted by Gasteiger charge is -2.29. The molecule has 19 heavy (non-hydrogen) atoms. The van der Waals surface area contributed by atoms with Gasteiger partial charge in [0.15, 0.2) is 0 Å². The number of rotatable bonds is 3. The molecule has 0 saturated heterocycles. The van der Waals surface area contributed by atoms with Crippen LogP contribution >= 0.6 is 11.6 Å². The van der Waals surface area contributed by atoms with E-state index in [1.807, 2.05) is 0 Å². The molecule has 1 aromatic rings. The van der Waals surface area contributed by atoms with Crippen molar-refractivity contribution in [3.63, 3.8) is 0 Å². The third kappa shape index (κ3) is 3.03. The van der Waals surface area contributed by atoms with Crippen LogP contribution in [0.25, 0.3) is 0 Å². The van der Waals surface area contributed by atoms with E-state index in [4.69, 9.17) is 16.3 Å². The first-order chi connectivity index (χ1) is 8.94. The summed E-state index contributed by atoms with van der Waals surface area (Å²) in [5.41, 5.74) is 1.53. The van der Waals surface area contributed by atoms with Crippen LogP contribution in [-0.2, 0) is 4.74 Å². The number of esters is 1. The molecule has 0 amide bonds. The Hall–Kier alpha value is -1.22. The number of hydrogen-bond acceptors (Lipinski definition) is 3. The summed E-state index contributed by atoms with van der Waals surface area (Å²) in [6.07, 6.45) is 3.51. The van der Waals surface area contributed by atoms with Gasteiger partial charge in [0.05, 0.1) is 18.4 Å². The van der Waals surface area contributed by atoms with Crippen LogP contribution in [0, 0.1) is 5.41 Å². The second kappa shape index (κ2) is 5.41. The van der Waals surface area contributed by atoms with Crippen LogP contribution in [0.5, 0.6) is 0 Å². The maximum atomic E-state index is 11.8. The number of nitrogens with one attached hydrogen (secondary N) is 1. The quantitative estimate of drug-likeness (QED) is 0.847. The molecule has 1 fully saturated rings. The molecule has 0 aromatic heterocycles.